The molecule has 2 aliphatic heterocycles. The van der Waals surface area contributed by atoms with Gasteiger partial charge in [0.1, 0.15) is 0 Å². The molecule has 0 unspecified atom stereocenters. The van der Waals surface area contributed by atoms with Gasteiger partial charge in [-0.3, -0.25) is 14.4 Å². The highest BCUT2D eigenvalue weighted by Crippen LogP contribution is 2.33. The third-order valence-electron chi connectivity index (χ3n) is 8.12. The summed E-state index contributed by atoms with van der Waals surface area (Å²) in [4.78, 5) is 42.8. The number of aliphatic hydroxyl groups is 1. The SMILES string of the molecule is CC1(O)CCN(C(=O)CC2CCN(c3ccc(C(=O)NC4CC4)cc3NC(=O)c3cccc(Cl)c3)CC2)CC1. The Bertz CT molecular complexity index is 1230. The van der Waals surface area contributed by atoms with Gasteiger partial charge >= 0.3 is 0 Å². The summed E-state index contributed by atoms with van der Waals surface area (Å²) in [6, 6.07) is 12.5. The first kappa shape index (κ1) is 27.5. The van der Waals surface area contributed by atoms with Gasteiger partial charge in [-0.15, -0.1) is 0 Å². The van der Waals surface area contributed by atoms with Crippen LogP contribution in [-0.2, 0) is 4.79 Å². The summed E-state index contributed by atoms with van der Waals surface area (Å²) < 4.78 is 0. The summed E-state index contributed by atoms with van der Waals surface area (Å²) in [6.07, 6.45) is 5.49. The number of halogens is 1. The van der Waals surface area contributed by atoms with Gasteiger partial charge in [-0.2, -0.15) is 0 Å². The van der Waals surface area contributed by atoms with Crippen LogP contribution >= 0.6 is 11.6 Å². The van der Waals surface area contributed by atoms with Gasteiger partial charge in [0.2, 0.25) is 5.91 Å². The number of anilines is 2. The molecule has 0 atom stereocenters. The maximum Gasteiger partial charge on any atom is 0.255 e. The largest absolute Gasteiger partial charge is 0.390 e. The normalized spacial score (nSPS) is 19.5. The number of carbonyl (C=O) groups is 3. The zero-order valence-electron chi connectivity index (χ0n) is 22.4. The molecule has 2 heterocycles. The maximum atomic E-state index is 13.1. The lowest BCUT2D eigenvalue weighted by Crippen LogP contribution is -2.46. The van der Waals surface area contributed by atoms with E-state index in [4.69, 9.17) is 11.6 Å². The molecule has 9 heteroatoms. The number of hydrogen-bond donors (Lipinski definition) is 3. The van der Waals surface area contributed by atoms with Crippen LogP contribution < -0.4 is 15.5 Å². The van der Waals surface area contributed by atoms with Crippen LogP contribution in [0.1, 0.15) is 72.6 Å². The Morgan fingerprint density at radius 3 is 2.31 bits per heavy atom. The molecule has 3 amide bonds. The van der Waals surface area contributed by atoms with E-state index in [1.807, 2.05) is 24.0 Å². The van der Waals surface area contributed by atoms with E-state index in [0.717, 1.165) is 44.5 Å². The summed E-state index contributed by atoms with van der Waals surface area (Å²) in [5.74, 6) is 0.0342. The molecule has 0 radical (unpaired) electrons. The van der Waals surface area contributed by atoms with Gasteiger partial charge in [0.15, 0.2) is 0 Å². The van der Waals surface area contributed by atoms with Crippen LogP contribution in [0.25, 0.3) is 0 Å². The molecule has 2 aromatic carbocycles. The number of hydrogen-bond acceptors (Lipinski definition) is 5. The van der Waals surface area contributed by atoms with Crippen LogP contribution in [-0.4, -0.2) is 65.5 Å². The molecule has 0 aromatic heterocycles. The lowest BCUT2D eigenvalue weighted by Gasteiger charge is -2.38. The van der Waals surface area contributed by atoms with E-state index in [9.17, 15) is 19.5 Å². The minimum absolute atomic E-state index is 0.140. The summed E-state index contributed by atoms with van der Waals surface area (Å²) in [5, 5.41) is 16.7. The quantitative estimate of drug-likeness (QED) is 0.470. The van der Waals surface area contributed by atoms with Crippen molar-refractivity contribution in [2.45, 2.75) is 63.5 Å². The molecular weight excluding hydrogens is 516 g/mol. The Morgan fingerprint density at radius 2 is 1.64 bits per heavy atom. The second kappa shape index (κ2) is 11.6. The van der Waals surface area contributed by atoms with Crippen LogP contribution in [0.15, 0.2) is 42.5 Å². The van der Waals surface area contributed by atoms with Crippen molar-refractivity contribution < 1.29 is 19.5 Å². The van der Waals surface area contributed by atoms with Crippen molar-refractivity contribution in [3.05, 3.63) is 58.6 Å². The van der Waals surface area contributed by atoms with Crippen molar-refractivity contribution in [2.24, 2.45) is 5.92 Å². The summed E-state index contributed by atoms with van der Waals surface area (Å²) >= 11 is 6.10. The monoisotopic (exact) mass is 552 g/mol. The van der Waals surface area contributed by atoms with Crippen molar-refractivity contribution in [2.75, 3.05) is 36.4 Å². The predicted octanol–water partition coefficient (Wildman–Crippen LogP) is 4.46. The average Bonchev–Trinajstić information content (AvgIpc) is 3.73. The van der Waals surface area contributed by atoms with Gasteiger partial charge in [-0.25, -0.2) is 0 Å². The van der Waals surface area contributed by atoms with Gasteiger partial charge in [-0.05, 0) is 87.8 Å². The smallest absolute Gasteiger partial charge is 0.255 e. The summed E-state index contributed by atoms with van der Waals surface area (Å²) in [6.45, 7) is 4.56. The fourth-order valence-corrected chi connectivity index (χ4v) is 5.56. The molecule has 3 fully saturated rings. The molecular formula is C30H37ClN4O4. The zero-order chi connectivity index (χ0) is 27.6. The highest BCUT2D eigenvalue weighted by molar-refractivity contribution is 6.31. The van der Waals surface area contributed by atoms with E-state index >= 15 is 0 Å². The van der Waals surface area contributed by atoms with E-state index < -0.39 is 5.60 Å². The van der Waals surface area contributed by atoms with Crippen molar-refractivity contribution in [3.63, 3.8) is 0 Å². The Hall–Kier alpha value is -3.10. The second-order valence-corrected chi connectivity index (χ2v) is 11.9. The molecule has 1 saturated carbocycles. The number of benzene rings is 2. The minimum atomic E-state index is -0.670. The molecule has 0 spiro atoms. The number of rotatable bonds is 7. The van der Waals surface area contributed by atoms with Crippen molar-refractivity contribution in [1.29, 1.82) is 0 Å². The molecule has 208 valence electrons. The standard InChI is InChI=1S/C30H37ClN4O4/c1-30(39)11-15-35(16-12-30)27(36)17-20-9-13-34(14-10-20)26-8-5-22(28(37)32-24-6-7-24)19-25(26)33-29(38)21-3-2-4-23(31)18-21/h2-5,8,18-20,24,39H,6-7,9-17H2,1H3,(H,32,37)(H,33,38). The first-order chi connectivity index (χ1) is 18.7. The van der Waals surface area contributed by atoms with E-state index in [1.165, 1.54) is 0 Å². The fraction of sp³-hybridized carbons (Fsp3) is 0.500. The third kappa shape index (κ3) is 7.11. The van der Waals surface area contributed by atoms with E-state index in [0.29, 0.717) is 60.1 Å². The predicted molar refractivity (Wildman–Crippen MR) is 152 cm³/mol. The first-order valence-corrected chi connectivity index (χ1v) is 14.3. The molecule has 2 saturated heterocycles. The van der Waals surface area contributed by atoms with Crippen LogP contribution in [0.5, 0.6) is 0 Å². The van der Waals surface area contributed by atoms with E-state index in [2.05, 4.69) is 15.5 Å². The average molecular weight is 553 g/mol. The van der Waals surface area contributed by atoms with Crippen LogP contribution in [0.2, 0.25) is 5.02 Å². The van der Waals surface area contributed by atoms with Gasteiger partial charge in [0.25, 0.3) is 11.8 Å². The molecule has 0 bridgehead atoms. The Balaban J connectivity index is 1.26. The number of likely N-dealkylation sites (tertiary alicyclic amines) is 1. The van der Waals surface area contributed by atoms with Crippen LogP contribution in [0.3, 0.4) is 0 Å². The van der Waals surface area contributed by atoms with Crippen molar-refractivity contribution in [3.8, 4) is 0 Å². The highest BCUT2D eigenvalue weighted by atomic mass is 35.5. The van der Waals surface area contributed by atoms with Crippen LogP contribution in [0, 0.1) is 5.92 Å². The fourth-order valence-electron chi connectivity index (χ4n) is 5.37. The summed E-state index contributed by atoms with van der Waals surface area (Å²) in [5.41, 5.74) is 1.72. The minimum Gasteiger partial charge on any atom is -0.390 e. The number of carbonyl (C=O) groups excluding carboxylic acids is 3. The lowest BCUT2D eigenvalue weighted by atomic mass is 9.90. The lowest BCUT2D eigenvalue weighted by molar-refractivity contribution is -0.136. The summed E-state index contributed by atoms with van der Waals surface area (Å²) in [7, 11) is 0. The maximum absolute atomic E-state index is 13.1. The highest BCUT2D eigenvalue weighted by Gasteiger charge is 2.31. The Labute approximate surface area is 234 Å². The molecule has 2 aromatic rings. The van der Waals surface area contributed by atoms with Crippen molar-refractivity contribution >= 4 is 40.7 Å². The van der Waals surface area contributed by atoms with Gasteiger partial charge in [0, 0.05) is 54.8 Å². The van der Waals surface area contributed by atoms with Crippen LogP contribution in [0.4, 0.5) is 11.4 Å². The molecule has 3 aliphatic rings. The molecule has 1 aliphatic carbocycles. The van der Waals surface area contributed by atoms with Gasteiger partial charge in [-0.1, -0.05) is 17.7 Å². The number of nitrogens with one attached hydrogen (secondary N) is 2. The molecule has 3 N–H and O–H groups in total. The molecule has 8 nitrogen and oxygen atoms in total. The number of nitrogens with zero attached hydrogens (tertiary/aromatic N) is 2. The number of piperidine rings is 2. The molecule has 39 heavy (non-hydrogen) atoms. The Kier molecular flexibility index (Phi) is 8.14. The van der Waals surface area contributed by atoms with E-state index in [-0.39, 0.29) is 23.8 Å². The molecule has 5 rings (SSSR count). The van der Waals surface area contributed by atoms with E-state index in [1.54, 1.807) is 30.3 Å². The van der Waals surface area contributed by atoms with Gasteiger partial charge in [0.05, 0.1) is 17.0 Å². The third-order valence-corrected chi connectivity index (χ3v) is 8.35. The second-order valence-electron chi connectivity index (χ2n) is 11.5. The first-order valence-electron chi connectivity index (χ1n) is 13.9. The Morgan fingerprint density at radius 1 is 0.949 bits per heavy atom. The zero-order valence-corrected chi connectivity index (χ0v) is 23.2. The number of amides is 3. The van der Waals surface area contributed by atoms with Crippen molar-refractivity contribution in [1.82, 2.24) is 10.2 Å². The topological polar surface area (TPSA) is 102 Å². The van der Waals surface area contributed by atoms with Gasteiger partial charge < -0.3 is 25.5 Å².